The van der Waals surface area contributed by atoms with Crippen LogP contribution < -0.4 is 5.32 Å². The van der Waals surface area contributed by atoms with Crippen LogP contribution in [0.25, 0.3) is 0 Å². The van der Waals surface area contributed by atoms with Gasteiger partial charge in [0.25, 0.3) is 5.91 Å². The lowest BCUT2D eigenvalue weighted by Crippen LogP contribution is -2.37. The maximum Gasteiger partial charge on any atom is 0.307 e. The molecule has 1 saturated carbocycles. The first-order valence-electron chi connectivity index (χ1n) is 10.5. The number of nitrogens with zero attached hydrogens (tertiary/aromatic N) is 1. The molecule has 0 unspecified atom stereocenters. The molecule has 1 aromatic carbocycles. The standard InChI is InChI=1S/C23H34N2O4/c1-5-29-21(27)13-15-25(16-17-6-7-17)20(26)12-14-24-22(28)18-8-10-19(11-9-18)23(2,3)4/h8-11,17H,5-7,12-16H2,1-4H3,(H,24,28). The Kier molecular flexibility index (Phi) is 8.23. The van der Waals surface area contributed by atoms with Crippen LogP contribution in [-0.2, 0) is 19.7 Å². The number of nitrogens with one attached hydrogen (secondary N) is 1. The summed E-state index contributed by atoms with van der Waals surface area (Å²) in [5.41, 5.74) is 1.79. The summed E-state index contributed by atoms with van der Waals surface area (Å²) < 4.78 is 4.95. The topological polar surface area (TPSA) is 75.7 Å². The van der Waals surface area contributed by atoms with Crippen LogP contribution in [0.3, 0.4) is 0 Å². The molecule has 6 heteroatoms. The summed E-state index contributed by atoms with van der Waals surface area (Å²) in [4.78, 5) is 38.2. The highest BCUT2D eigenvalue weighted by Gasteiger charge is 2.27. The largest absolute Gasteiger partial charge is 0.466 e. The number of esters is 1. The molecular weight excluding hydrogens is 368 g/mol. The summed E-state index contributed by atoms with van der Waals surface area (Å²) in [7, 11) is 0. The summed E-state index contributed by atoms with van der Waals surface area (Å²) >= 11 is 0. The molecule has 29 heavy (non-hydrogen) atoms. The van der Waals surface area contributed by atoms with E-state index in [-0.39, 0.29) is 42.6 Å². The molecule has 0 heterocycles. The van der Waals surface area contributed by atoms with Gasteiger partial charge in [-0.1, -0.05) is 32.9 Å². The van der Waals surface area contributed by atoms with Crippen molar-refractivity contribution in [2.75, 3.05) is 26.2 Å². The van der Waals surface area contributed by atoms with Crippen LogP contribution in [0.4, 0.5) is 0 Å². The first-order chi connectivity index (χ1) is 13.7. The first-order valence-corrected chi connectivity index (χ1v) is 10.5. The summed E-state index contributed by atoms with van der Waals surface area (Å²) in [6, 6.07) is 7.56. The lowest BCUT2D eigenvalue weighted by Gasteiger charge is -2.22. The smallest absolute Gasteiger partial charge is 0.307 e. The van der Waals surface area contributed by atoms with Crippen LogP contribution in [0.1, 0.15) is 69.3 Å². The molecule has 2 amide bonds. The van der Waals surface area contributed by atoms with Crippen molar-refractivity contribution in [1.29, 1.82) is 0 Å². The zero-order valence-corrected chi connectivity index (χ0v) is 18.1. The number of amides is 2. The van der Waals surface area contributed by atoms with Crippen molar-refractivity contribution < 1.29 is 19.1 Å². The molecule has 0 aromatic heterocycles. The minimum absolute atomic E-state index is 0.0374. The average molecular weight is 403 g/mol. The molecule has 0 saturated heterocycles. The molecule has 2 rings (SSSR count). The lowest BCUT2D eigenvalue weighted by atomic mass is 9.87. The van der Waals surface area contributed by atoms with Gasteiger partial charge in [-0.25, -0.2) is 0 Å². The highest BCUT2D eigenvalue weighted by molar-refractivity contribution is 5.94. The summed E-state index contributed by atoms with van der Waals surface area (Å²) in [5, 5.41) is 2.82. The second-order valence-electron chi connectivity index (χ2n) is 8.67. The molecule has 1 aliphatic carbocycles. The van der Waals surface area contributed by atoms with E-state index in [1.54, 1.807) is 11.8 Å². The SMILES string of the molecule is CCOC(=O)CCN(CC1CC1)C(=O)CCNC(=O)c1ccc(C(C)(C)C)cc1. The normalized spacial score (nSPS) is 13.7. The van der Waals surface area contributed by atoms with Gasteiger partial charge in [-0.15, -0.1) is 0 Å². The van der Waals surface area contributed by atoms with Crippen molar-refractivity contribution >= 4 is 17.8 Å². The van der Waals surface area contributed by atoms with E-state index in [1.165, 1.54) is 5.56 Å². The van der Waals surface area contributed by atoms with Crippen molar-refractivity contribution in [3.05, 3.63) is 35.4 Å². The molecule has 0 atom stereocenters. The fraction of sp³-hybridized carbons (Fsp3) is 0.609. The molecule has 160 valence electrons. The Bertz CT molecular complexity index is 703. The van der Waals surface area contributed by atoms with Crippen LogP contribution in [0.5, 0.6) is 0 Å². The summed E-state index contributed by atoms with van der Waals surface area (Å²) in [5.74, 6) is 0.0354. The number of carbonyl (C=O) groups is 3. The van der Waals surface area contributed by atoms with Crippen molar-refractivity contribution in [3.8, 4) is 0 Å². The maximum atomic E-state index is 12.6. The Morgan fingerprint density at radius 1 is 1.10 bits per heavy atom. The average Bonchev–Trinajstić information content (AvgIpc) is 3.48. The van der Waals surface area contributed by atoms with Crippen LogP contribution in [0, 0.1) is 5.92 Å². The third-order valence-corrected chi connectivity index (χ3v) is 5.06. The van der Waals surface area contributed by atoms with Gasteiger partial charge in [0, 0.05) is 31.6 Å². The van der Waals surface area contributed by atoms with E-state index in [0.29, 0.717) is 31.2 Å². The molecule has 1 aromatic rings. The van der Waals surface area contributed by atoms with Gasteiger partial charge in [0.05, 0.1) is 13.0 Å². The first kappa shape index (κ1) is 22.9. The van der Waals surface area contributed by atoms with Crippen molar-refractivity contribution in [2.24, 2.45) is 5.92 Å². The van der Waals surface area contributed by atoms with Gasteiger partial charge in [-0.3, -0.25) is 14.4 Å². The number of benzene rings is 1. The number of hydrogen-bond donors (Lipinski definition) is 1. The molecule has 0 radical (unpaired) electrons. The molecule has 0 spiro atoms. The molecule has 6 nitrogen and oxygen atoms in total. The fourth-order valence-corrected chi connectivity index (χ4v) is 3.05. The molecule has 1 aliphatic rings. The zero-order chi connectivity index (χ0) is 21.4. The Balaban J connectivity index is 1.80. The number of hydrogen-bond acceptors (Lipinski definition) is 4. The quantitative estimate of drug-likeness (QED) is 0.609. The van der Waals surface area contributed by atoms with Gasteiger partial charge >= 0.3 is 5.97 Å². The van der Waals surface area contributed by atoms with Gasteiger partial charge in [0.1, 0.15) is 0 Å². The number of rotatable bonds is 10. The van der Waals surface area contributed by atoms with Gasteiger partial charge in [0.15, 0.2) is 0 Å². The number of carbonyl (C=O) groups excluding carboxylic acids is 3. The second kappa shape index (κ2) is 10.4. The van der Waals surface area contributed by atoms with Crippen molar-refractivity contribution in [3.63, 3.8) is 0 Å². The van der Waals surface area contributed by atoms with Crippen LogP contribution >= 0.6 is 0 Å². The molecule has 0 bridgehead atoms. The zero-order valence-electron chi connectivity index (χ0n) is 18.1. The predicted octanol–water partition coefficient (Wildman–Crippen LogP) is 3.30. The Morgan fingerprint density at radius 3 is 2.31 bits per heavy atom. The Labute approximate surface area is 174 Å². The Morgan fingerprint density at radius 2 is 1.76 bits per heavy atom. The van der Waals surface area contributed by atoms with Gasteiger partial charge in [0.2, 0.25) is 5.91 Å². The van der Waals surface area contributed by atoms with E-state index in [4.69, 9.17) is 4.74 Å². The lowest BCUT2D eigenvalue weighted by molar-refractivity contribution is -0.144. The van der Waals surface area contributed by atoms with E-state index in [0.717, 1.165) is 12.8 Å². The molecule has 1 N–H and O–H groups in total. The molecule has 0 aliphatic heterocycles. The summed E-state index contributed by atoms with van der Waals surface area (Å²) in [6.07, 6.45) is 2.69. The van der Waals surface area contributed by atoms with Gasteiger partial charge < -0.3 is 15.0 Å². The number of ether oxygens (including phenoxy) is 1. The van der Waals surface area contributed by atoms with Crippen molar-refractivity contribution in [1.82, 2.24) is 10.2 Å². The van der Waals surface area contributed by atoms with Crippen LogP contribution in [-0.4, -0.2) is 48.9 Å². The third kappa shape index (κ3) is 7.87. The second-order valence-corrected chi connectivity index (χ2v) is 8.67. The van der Waals surface area contributed by atoms with Gasteiger partial charge in [-0.05, 0) is 48.8 Å². The van der Waals surface area contributed by atoms with Crippen molar-refractivity contribution in [2.45, 2.75) is 58.8 Å². The minimum atomic E-state index is -0.284. The van der Waals surface area contributed by atoms with Gasteiger partial charge in [-0.2, -0.15) is 0 Å². The van der Waals surface area contributed by atoms with Crippen LogP contribution in [0.2, 0.25) is 0 Å². The van der Waals surface area contributed by atoms with E-state index < -0.39 is 0 Å². The van der Waals surface area contributed by atoms with E-state index in [1.807, 2.05) is 24.3 Å². The summed E-state index contributed by atoms with van der Waals surface area (Å²) in [6.45, 7) is 9.83. The maximum absolute atomic E-state index is 12.6. The fourth-order valence-electron chi connectivity index (χ4n) is 3.05. The monoisotopic (exact) mass is 402 g/mol. The highest BCUT2D eigenvalue weighted by atomic mass is 16.5. The highest BCUT2D eigenvalue weighted by Crippen LogP contribution is 2.30. The van der Waals surface area contributed by atoms with Crippen LogP contribution in [0.15, 0.2) is 24.3 Å². The van der Waals surface area contributed by atoms with E-state index >= 15 is 0 Å². The van der Waals surface area contributed by atoms with E-state index in [9.17, 15) is 14.4 Å². The Hall–Kier alpha value is -2.37. The third-order valence-electron chi connectivity index (χ3n) is 5.06. The minimum Gasteiger partial charge on any atom is -0.466 e. The van der Waals surface area contributed by atoms with E-state index in [2.05, 4.69) is 26.1 Å². The molecular formula is C23H34N2O4. The predicted molar refractivity (Wildman–Crippen MR) is 113 cm³/mol. The molecule has 1 fully saturated rings.